The number of ketones is 1. The maximum absolute atomic E-state index is 12.1. The molecular weight excluding hydrogens is 246 g/mol. The van der Waals surface area contributed by atoms with E-state index >= 15 is 0 Å². The number of benzene rings is 2. The maximum Gasteiger partial charge on any atom is 0.167 e. The normalized spacial score (nSPS) is 10.3. The number of hydrogen-bond donors (Lipinski definition) is 1. The fourth-order valence-corrected chi connectivity index (χ4v) is 1.96. The van der Waals surface area contributed by atoms with Gasteiger partial charge in [0.25, 0.3) is 0 Å². The molecule has 0 aliphatic heterocycles. The highest BCUT2D eigenvalue weighted by molar-refractivity contribution is 6.33. The van der Waals surface area contributed by atoms with Gasteiger partial charge < -0.3 is 5.73 Å². The number of carbonyl (C=O) groups is 1. The van der Waals surface area contributed by atoms with E-state index in [4.69, 9.17) is 17.3 Å². The Bertz CT molecular complexity index is 593. The molecule has 2 aromatic carbocycles. The van der Waals surface area contributed by atoms with Crippen molar-refractivity contribution in [3.63, 3.8) is 0 Å². The minimum Gasteiger partial charge on any atom is -0.398 e. The van der Waals surface area contributed by atoms with E-state index in [1.807, 2.05) is 31.2 Å². The Labute approximate surface area is 111 Å². The zero-order chi connectivity index (χ0) is 13.1. The summed E-state index contributed by atoms with van der Waals surface area (Å²) < 4.78 is 0. The number of nitrogen functional groups attached to an aromatic ring is 1. The molecule has 18 heavy (non-hydrogen) atoms. The number of halogens is 1. The topological polar surface area (TPSA) is 43.1 Å². The first kappa shape index (κ1) is 12.7. The second kappa shape index (κ2) is 5.23. The molecule has 0 aromatic heterocycles. The highest BCUT2D eigenvalue weighted by atomic mass is 35.5. The zero-order valence-corrected chi connectivity index (χ0v) is 10.9. The molecule has 2 aromatic rings. The quantitative estimate of drug-likeness (QED) is 0.675. The number of nitrogens with two attached hydrogens (primary N) is 1. The summed E-state index contributed by atoms with van der Waals surface area (Å²) in [7, 11) is 0. The van der Waals surface area contributed by atoms with Crippen molar-refractivity contribution < 1.29 is 4.79 Å². The molecule has 0 bridgehead atoms. The number of aryl methyl sites for hydroxylation is 1. The third kappa shape index (κ3) is 2.71. The Balaban J connectivity index is 2.22. The van der Waals surface area contributed by atoms with Gasteiger partial charge in [0.05, 0.1) is 10.7 Å². The van der Waals surface area contributed by atoms with Crippen LogP contribution >= 0.6 is 11.6 Å². The van der Waals surface area contributed by atoms with Crippen LogP contribution in [0.1, 0.15) is 21.5 Å². The molecule has 0 saturated heterocycles. The van der Waals surface area contributed by atoms with Crippen molar-refractivity contribution in [2.75, 3.05) is 5.73 Å². The van der Waals surface area contributed by atoms with Crippen LogP contribution in [0.2, 0.25) is 5.02 Å². The number of anilines is 1. The molecular formula is C15H14ClNO. The standard InChI is InChI=1S/C15H14ClNO/c1-10-4-2-3-5-11(10)9-15(18)12-6-7-14(17)13(16)8-12/h2-8H,9,17H2,1H3. The first-order valence-corrected chi connectivity index (χ1v) is 6.08. The lowest BCUT2D eigenvalue weighted by Gasteiger charge is -2.06. The predicted octanol–water partition coefficient (Wildman–Crippen LogP) is 3.66. The summed E-state index contributed by atoms with van der Waals surface area (Å²) in [6, 6.07) is 12.9. The summed E-state index contributed by atoms with van der Waals surface area (Å²) >= 11 is 5.91. The summed E-state index contributed by atoms with van der Waals surface area (Å²) in [5, 5.41) is 0.422. The summed E-state index contributed by atoms with van der Waals surface area (Å²) in [6.07, 6.45) is 0.382. The van der Waals surface area contributed by atoms with Crippen LogP contribution in [0.3, 0.4) is 0 Å². The van der Waals surface area contributed by atoms with E-state index in [2.05, 4.69) is 0 Å². The van der Waals surface area contributed by atoms with Crippen molar-refractivity contribution >= 4 is 23.1 Å². The van der Waals surface area contributed by atoms with Crippen LogP contribution in [0, 0.1) is 6.92 Å². The largest absolute Gasteiger partial charge is 0.398 e. The van der Waals surface area contributed by atoms with Crippen LogP contribution in [0.4, 0.5) is 5.69 Å². The smallest absolute Gasteiger partial charge is 0.167 e. The molecule has 2 N–H and O–H groups in total. The lowest BCUT2D eigenvalue weighted by Crippen LogP contribution is -2.05. The van der Waals surface area contributed by atoms with Gasteiger partial charge in [0.2, 0.25) is 0 Å². The molecule has 0 aliphatic carbocycles. The van der Waals surface area contributed by atoms with Gasteiger partial charge in [-0.25, -0.2) is 0 Å². The van der Waals surface area contributed by atoms with E-state index in [1.54, 1.807) is 18.2 Å². The highest BCUT2D eigenvalue weighted by Gasteiger charge is 2.10. The molecule has 0 atom stereocenters. The van der Waals surface area contributed by atoms with Crippen LogP contribution < -0.4 is 5.73 Å². The van der Waals surface area contributed by atoms with Gasteiger partial charge in [-0.1, -0.05) is 35.9 Å². The molecule has 0 spiro atoms. The fraction of sp³-hybridized carbons (Fsp3) is 0.133. The summed E-state index contributed by atoms with van der Waals surface area (Å²) in [5.41, 5.74) is 8.86. The molecule has 2 rings (SSSR count). The van der Waals surface area contributed by atoms with Crippen LogP contribution in [-0.4, -0.2) is 5.78 Å². The van der Waals surface area contributed by atoms with Gasteiger partial charge in [-0.05, 0) is 36.2 Å². The lowest BCUT2D eigenvalue weighted by atomic mass is 9.99. The van der Waals surface area contributed by atoms with Gasteiger partial charge in [-0.3, -0.25) is 4.79 Å². The van der Waals surface area contributed by atoms with Gasteiger partial charge in [-0.2, -0.15) is 0 Å². The van der Waals surface area contributed by atoms with Crippen molar-refractivity contribution in [3.05, 3.63) is 64.2 Å². The number of hydrogen-bond acceptors (Lipinski definition) is 2. The third-order valence-electron chi connectivity index (χ3n) is 2.93. The second-order valence-electron chi connectivity index (χ2n) is 4.26. The third-order valence-corrected chi connectivity index (χ3v) is 3.26. The van der Waals surface area contributed by atoms with E-state index in [1.165, 1.54) is 0 Å². The van der Waals surface area contributed by atoms with Gasteiger partial charge in [0.15, 0.2) is 5.78 Å². The van der Waals surface area contributed by atoms with Gasteiger partial charge in [0.1, 0.15) is 0 Å². The fourth-order valence-electron chi connectivity index (χ4n) is 1.78. The molecule has 0 radical (unpaired) electrons. The van der Waals surface area contributed by atoms with Crippen molar-refractivity contribution in [2.24, 2.45) is 0 Å². The van der Waals surface area contributed by atoms with Crippen molar-refractivity contribution in [1.29, 1.82) is 0 Å². The lowest BCUT2D eigenvalue weighted by molar-refractivity contribution is 0.0993. The average molecular weight is 260 g/mol. The molecule has 0 heterocycles. The summed E-state index contributed by atoms with van der Waals surface area (Å²) in [5.74, 6) is 0.0474. The van der Waals surface area contributed by atoms with Crippen molar-refractivity contribution in [1.82, 2.24) is 0 Å². The number of carbonyl (C=O) groups excluding carboxylic acids is 1. The minimum absolute atomic E-state index is 0.0474. The Morgan fingerprint density at radius 2 is 1.94 bits per heavy atom. The van der Waals surface area contributed by atoms with E-state index in [9.17, 15) is 4.79 Å². The Kier molecular flexibility index (Phi) is 3.68. The molecule has 0 unspecified atom stereocenters. The second-order valence-corrected chi connectivity index (χ2v) is 4.67. The van der Waals surface area contributed by atoms with E-state index in [-0.39, 0.29) is 5.78 Å². The predicted molar refractivity (Wildman–Crippen MR) is 75.1 cm³/mol. The summed E-state index contributed by atoms with van der Waals surface area (Å²) in [6.45, 7) is 2.00. The minimum atomic E-state index is 0.0474. The molecule has 3 heteroatoms. The first-order chi connectivity index (χ1) is 8.58. The maximum atomic E-state index is 12.1. The van der Waals surface area contributed by atoms with Gasteiger partial charge in [-0.15, -0.1) is 0 Å². The number of Topliss-reactive ketones (excluding diaryl/α,β-unsaturated/α-hetero) is 1. The molecule has 0 fully saturated rings. The van der Waals surface area contributed by atoms with E-state index in [0.29, 0.717) is 22.7 Å². The Morgan fingerprint density at radius 3 is 2.61 bits per heavy atom. The van der Waals surface area contributed by atoms with E-state index < -0.39 is 0 Å². The Hall–Kier alpha value is -1.80. The van der Waals surface area contributed by atoms with Crippen LogP contribution in [0.5, 0.6) is 0 Å². The molecule has 0 saturated carbocycles. The van der Waals surface area contributed by atoms with Crippen LogP contribution in [0.25, 0.3) is 0 Å². The van der Waals surface area contributed by atoms with Crippen LogP contribution in [0.15, 0.2) is 42.5 Å². The number of rotatable bonds is 3. The molecule has 0 aliphatic rings. The van der Waals surface area contributed by atoms with Gasteiger partial charge >= 0.3 is 0 Å². The van der Waals surface area contributed by atoms with Gasteiger partial charge in [0, 0.05) is 12.0 Å². The molecule has 2 nitrogen and oxygen atoms in total. The van der Waals surface area contributed by atoms with Crippen LogP contribution in [-0.2, 0) is 6.42 Å². The first-order valence-electron chi connectivity index (χ1n) is 5.70. The molecule has 0 amide bonds. The monoisotopic (exact) mass is 259 g/mol. The highest BCUT2D eigenvalue weighted by Crippen LogP contribution is 2.21. The molecule has 92 valence electrons. The van der Waals surface area contributed by atoms with E-state index in [0.717, 1.165) is 11.1 Å². The SMILES string of the molecule is Cc1ccccc1CC(=O)c1ccc(N)c(Cl)c1. The Morgan fingerprint density at radius 1 is 1.22 bits per heavy atom. The average Bonchev–Trinajstić information content (AvgIpc) is 2.35. The van der Waals surface area contributed by atoms with Crippen molar-refractivity contribution in [3.8, 4) is 0 Å². The zero-order valence-electron chi connectivity index (χ0n) is 10.1. The van der Waals surface area contributed by atoms with Crippen molar-refractivity contribution in [2.45, 2.75) is 13.3 Å². The summed E-state index contributed by atoms with van der Waals surface area (Å²) in [4.78, 5) is 12.1.